The lowest BCUT2D eigenvalue weighted by molar-refractivity contribution is 0.0600. The lowest BCUT2D eigenvalue weighted by atomic mass is 10.0. The lowest BCUT2D eigenvalue weighted by Gasteiger charge is -2.32. The van der Waals surface area contributed by atoms with Crippen molar-refractivity contribution in [1.82, 2.24) is 14.4 Å². The number of carbonyl (C=O) groups excluding carboxylic acids is 1. The second-order valence-corrected chi connectivity index (χ2v) is 9.08. The van der Waals surface area contributed by atoms with Gasteiger partial charge in [-0.3, -0.25) is 0 Å². The number of aromatic nitrogens is 1. The molecule has 0 saturated carbocycles. The molecule has 0 radical (unpaired) electrons. The molecular weight excluding hydrogens is 398 g/mol. The van der Waals surface area contributed by atoms with Gasteiger partial charge in [-0.25, -0.2) is 4.79 Å². The first kappa shape index (κ1) is 22.6. The number of methoxy groups -OCH3 is 1. The van der Waals surface area contributed by atoms with Crippen LogP contribution in [-0.2, 0) is 17.7 Å². The quantitative estimate of drug-likeness (QED) is 0.522. The van der Waals surface area contributed by atoms with Crippen molar-refractivity contribution in [2.75, 3.05) is 46.9 Å². The van der Waals surface area contributed by atoms with E-state index in [4.69, 9.17) is 4.74 Å². The Morgan fingerprint density at radius 3 is 2.31 bits per heavy atom. The molecule has 2 aromatic carbocycles. The first-order valence-electron chi connectivity index (χ1n) is 11.6. The van der Waals surface area contributed by atoms with Gasteiger partial charge in [0.1, 0.15) is 0 Å². The van der Waals surface area contributed by atoms with Gasteiger partial charge in [0.15, 0.2) is 0 Å². The third-order valence-electron chi connectivity index (χ3n) is 6.94. The Balaban J connectivity index is 1.45. The molecule has 1 aliphatic rings. The van der Waals surface area contributed by atoms with E-state index in [1.165, 1.54) is 79.5 Å². The van der Waals surface area contributed by atoms with Gasteiger partial charge in [0.25, 0.3) is 0 Å². The molecule has 5 nitrogen and oxygen atoms in total. The summed E-state index contributed by atoms with van der Waals surface area (Å²) in [6, 6.07) is 14.6. The van der Waals surface area contributed by atoms with E-state index >= 15 is 0 Å². The molecule has 0 unspecified atom stereocenters. The van der Waals surface area contributed by atoms with Crippen LogP contribution < -0.4 is 0 Å². The van der Waals surface area contributed by atoms with Crippen LogP contribution >= 0.6 is 0 Å². The molecule has 170 valence electrons. The normalized spacial score (nSPS) is 15.4. The number of fused-ring (bicyclic) bond motifs is 1. The van der Waals surface area contributed by atoms with Crippen LogP contribution in [0.15, 0.2) is 42.5 Å². The fraction of sp³-hybridized carbons (Fsp3) is 0.444. The van der Waals surface area contributed by atoms with Gasteiger partial charge in [0.2, 0.25) is 0 Å². The Labute approximate surface area is 191 Å². The maximum atomic E-state index is 11.6. The highest BCUT2D eigenvalue weighted by Gasteiger charge is 2.15. The molecule has 4 rings (SSSR count). The van der Waals surface area contributed by atoms with Gasteiger partial charge in [-0.1, -0.05) is 18.2 Å². The van der Waals surface area contributed by atoms with Crippen molar-refractivity contribution in [2.24, 2.45) is 0 Å². The van der Waals surface area contributed by atoms with Crippen LogP contribution in [0.4, 0.5) is 0 Å². The second kappa shape index (κ2) is 9.88. The Bertz CT molecular complexity index is 1080. The van der Waals surface area contributed by atoms with Crippen molar-refractivity contribution < 1.29 is 9.53 Å². The molecule has 0 atom stereocenters. The van der Waals surface area contributed by atoms with Gasteiger partial charge < -0.3 is 19.1 Å². The predicted molar refractivity (Wildman–Crippen MR) is 131 cm³/mol. The Kier molecular flexibility index (Phi) is 6.97. The first-order valence-corrected chi connectivity index (χ1v) is 11.6. The molecular formula is C27H35N3O2. The van der Waals surface area contributed by atoms with E-state index in [0.717, 1.165) is 13.0 Å². The van der Waals surface area contributed by atoms with Crippen molar-refractivity contribution in [3.63, 3.8) is 0 Å². The van der Waals surface area contributed by atoms with Crippen LogP contribution in [0, 0.1) is 13.8 Å². The minimum atomic E-state index is -0.293. The van der Waals surface area contributed by atoms with Crippen LogP contribution in [0.5, 0.6) is 0 Å². The van der Waals surface area contributed by atoms with Crippen molar-refractivity contribution in [3.05, 3.63) is 70.4 Å². The van der Waals surface area contributed by atoms with Gasteiger partial charge in [0, 0.05) is 49.3 Å². The number of nitrogens with zero attached hydrogens (tertiary/aromatic N) is 3. The third kappa shape index (κ3) is 4.89. The molecule has 1 saturated heterocycles. The van der Waals surface area contributed by atoms with E-state index in [1.54, 1.807) is 0 Å². The summed E-state index contributed by atoms with van der Waals surface area (Å²) in [6.07, 6.45) is 2.03. The fourth-order valence-corrected chi connectivity index (χ4v) is 4.73. The molecule has 2 heterocycles. The van der Waals surface area contributed by atoms with Crippen LogP contribution in [-0.4, -0.2) is 67.2 Å². The van der Waals surface area contributed by atoms with Crippen LogP contribution in [0.2, 0.25) is 0 Å². The molecule has 0 N–H and O–H groups in total. The topological polar surface area (TPSA) is 37.7 Å². The number of hydrogen-bond acceptors (Lipinski definition) is 4. The minimum absolute atomic E-state index is 0.293. The number of hydrogen-bond donors (Lipinski definition) is 0. The summed E-state index contributed by atoms with van der Waals surface area (Å²) in [7, 11) is 3.62. The van der Waals surface area contributed by atoms with E-state index in [0.29, 0.717) is 5.56 Å². The molecule has 1 aromatic heterocycles. The number of carbonyl (C=O) groups is 1. The SMILES string of the molecule is COC(=O)c1ccc(Cc2ccc3c(c2)c(C)c(C)n3CCCN2CCN(C)CC2)cc1. The van der Waals surface area contributed by atoms with Gasteiger partial charge in [-0.15, -0.1) is 0 Å². The molecule has 32 heavy (non-hydrogen) atoms. The number of benzene rings is 2. The predicted octanol–water partition coefficient (Wildman–Crippen LogP) is 4.27. The summed E-state index contributed by atoms with van der Waals surface area (Å²) in [5.41, 5.74) is 7.16. The molecule has 0 spiro atoms. The molecule has 0 aliphatic carbocycles. The third-order valence-corrected chi connectivity index (χ3v) is 6.94. The average molecular weight is 434 g/mol. The monoisotopic (exact) mass is 433 g/mol. The zero-order valence-electron chi connectivity index (χ0n) is 19.9. The minimum Gasteiger partial charge on any atom is -0.465 e. The second-order valence-electron chi connectivity index (χ2n) is 9.08. The average Bonchev–Trinajstić information content (AvgIpc) is 3.05. The molecule has 5 heteroatoms. The highest BCUT2D eigenvalue weighted by molar-refractivity contribution is 5.89. The van der Waals surface area contributed by atoms with Gasteiger partial charge >= 0.3 is 5.97 Å². The highest BCUT2D eigenvalue weighted by atomic mass is 16.5. The first-order chi connectivity index (χ1) is 15.5. The van der Waals surface area contributed by atoms with Gasteiger partial charge in [-0.2, -0.15) is 0 Å². The smallest absolute Gasteiger partial charge is 0.337 e. The number of rotatable bonds is 7. The summed E-state index contributed by atoms with van der Waals surface area (Å²) in [4.78, 5) is 16.7. The van der Waals surface area contributed by atoms with Crippen molar-refractivity contribution in [1.29, 1.82) is 0 Å². The maximum Gasteiger partial charge on any atom is 0.337 e. The summed E-state index contributed by atoms with van der Waals surface area (Å²) < 4.78 is 7.29. The molecule has 1 aliphatic heterocycles. The summed E-state index contributed by atoms with van der Waals surface area (Å²) in [6.45, 7) is 11.5. The molecule has 1 fully saturated rings. The summed E-state index contributed by atoms with van der Waals surface area (Å²) in [5.74, 6) is -0.293. The Morgan fingerprint density at radius 1 is 0.938 bits per heavy atom. The van der Waals surface area contributed by atoms with Gasteiger partial charge in [0.05, 0.1) is 12.7 Å². The number of likely N-dealkylation sites (N-methyl/N-ethyl adjacent to an activating group) is 1. The molecule has 0 bridgehead atoms. The van der Waals surface area contributed by atoms with E-state index in [2.05, 4.69) is 53.5 Å². The van der Waals surface area contributed by atoms with E-state index in [-0.39, 0.29) is 5.97 Å². The molecule has 3 aromatic rings. The van der Waals surface area contributed by atoms with Crippen molar-refractivity contribution in [3.8, 4) is 0 Å². The largest absolute Gasteiger partial charge is 0.465 e. The van der Waals surface area contributed by atoms with Crippen molar-refractivity contribution >= 4 is 16.9 Å². The number of esters is 1. The standard InChI is InChI=1S/C27H35N3O2/c1-20-21(2)30(13-5-12-29-16-14-28(3)15-17-29)26-11-8-23(19-25(20)26)18-22-6-9-24(10-7-22)27(31)32-4/h6-11,19H,5,12-18H2,1-4H3. The Morgan fingerprint density at radius 2 is 1.62 bits per heavy atom. The van der Waals surface area contributed by atoms with Crippen LogP contribution in [0.25, 0.3) is 10.9 Å². The number of aryl methyl sites for hydroxylation is 2. The maximum absolute atomic E-state index is 11.6. The van der Waals surface area contributed by atoms with E-state index in [1.807, 2.05) is 24.3 Å². The fourth-order valence-electron chi connectivity index (χ4n) is 4.73. The van der Waals surface area contributed by atoms with Gasteiger partial charge in [-0.05, 0) is 81.2 Å². The number of piperazine rings is 1. The number of ether oxygens (including phenoxy) is 1. The van der Waals surface area contributed by atoms with Crippen LogP contribution in [0.1, 0.15) is 39.2 Å². The molecule has 0 amide bonds. The Hall–Kier alpha value is -2.63. The summed E-state index contributed by atoms with van der Waals surface area (Å²) >= 11 is 0. The van der Waals surface area contributed by atoms with Crippen LogP contribution in [0.3, 0.4) is 0 Å². The van der Waals surface area contributed by atoms with E-state index in [9.17, 15) is 4.79 Å². The zero-order chi connectivity index (χ0) is 22.7. The zero-order valence-corrected chi connectivity index (χ0v) is 19.9. The lowest BCUT2D eigenvalue weighted by Crippen LogP contribution is -2.44. The van der Waals surface area contributed by atoms with E-state index < -0.39 is 0 Å². The summed E-state index contributed by atoms with van der Waals surface area (Å²) in [5, 5.41) is 1.35. The van der Waals surface area contributed by atoms with Crippen molar-refractivity contribution in [2.45, 2.75) is 33.2 Å². The highest BCUT2D eigenvalue weighted by Crippen LogP contribution is 2.27.